The molecule has 2 rings (SSSR count). The number of amides is 1. The summed E-state index contributed by atoms with van der Waals surface area (Å²) in [5.74, 6) is 0.630. The first kappa shape index (κ1) is 25.3. The van der Waals surface area contributed by atoms with E-state index in [1.165, 1.54) is 7.05 Å². The van der Waals surface area contributed by atoms with E-state index in [1.54, 1.807) is 0 Å². The molecule has 0 saturated carbocycles. The molecule has 0 aromatic carbocycles. The molecule has 2 aliphatic rings. The first-order valence-electron chi connectivity index (χ1n) is 11.6. The summed E-state index contributed by atoms with van der Waals surface area (Å²) in [6.45, 7) is 5.80. The molecule has 2 bridgehead atoms. The number of hydrogen-bond acceptors (Lipinski definition) is 5. The number of sulfone groups is 1. The standard InChI is InChI=1S/C23H41NO5S/c1-5-6-7-11-16-30(27,28)17-19-18(20-13-14-21(19)29-20)12-9-8-10-15-23(2,3)22(25)24(4)26/h8-9,18-21,26H,5-7,10-17H2,1-4H3/t18-,19+,20-,21+/m0/s1. The molecule has 2 fully saturated rings. The molecule has 1 amide bonds. The Hall–Kier alpha value is -0.920. The van der Waals surface area contributed by atoms with Gasteiger partial charge >= 0.3 is 0 Å². The van der Waals surface area contributed by atoms with Gasteiger partial charge in [0.15, 0.2) is 9.84 Å². The molecule has 2 aliphatic heterocycles. The van der Waals surface area contributed by atoms with Crippen molar-refractivity contribution in [2.45, 2.75) is 90.8 Å². The summed E-state index contributed by atoms with van der Waals surface area (Å²) >= 11 is 0. The zero-order chi connectivity index (χ0) is 22.4. The third-order valence-corrected chi connectivity index (χ3v) is 8.53. The van der Waals surface area contributed by atoms with Crippen LogP contribution in [0.1, 0.15) is 78.6 Å². The van der Waals surface area contributed by atoms with Crippen LogP contribution in [0, 0.1) is 17.3 Å². The maximum atomic E-state index is 12.6. The molecule has 7 heteroatoms. The van der Waals surface area contributed by atoms with Crippen LogP contribution in [0.2, 0.25) is 0 Å². The summed E-state index contributed by atoms with van der Waals surface area (Å²) in [6.07, 6.45) is 12.7. The largest absolute Gasteiger partial charge is 0.374 e. The van der Waals surface area contributed by atoms with Crippen LogP contribution >= 0.6 is 0 Å². The SMILES string of the molecule is CCCCCCS(=O)(=O)C[C@@H]1[C@H](CC=CCCC(C)(C)C(=O)N(C)O)[C@@H]2CC[C@H]1O2. The molecule has 0 spiro atoms. The predicted molar refractivity (Wildman–Crippen MR) is 119 cm³/mol. The van der Waals surface area contributed by atoms with E-state index in [9.17, 15) is 18.4 Å². The highest BCUT2D eigenvalue weighted by molar-refractivity contribution is 7.91. The van der Waals surface area contributed by atoms with Crippen LogP contribution in [0.3, 0.4) is 0 Å². The number of unbranched alkanes of at least 4 members (excludes halogenated alkanes) is 3. The Morgan fingerprint density at radius 3 is 2.43 bits per heavy atom. The smallest absolute Gasteiger partial charge is 0.251 e. The lowest BCUT2D eigenvalue weighted by molar-refractivity contribution is -0.169. The Kier molecular flexibility index (Phi) is 9.37. The summed E-state index contributed by atoms with van der Waals surface area (Å²) < 4.78 is 31.4. The summed E-state index contributed by atoms with van der Waals surface area (Å²) in [7, 11) is -1.69. The second kappa shape index (κ2) is 11.1. The fourth-order valence-electron chi connectivity index (χ4n) is 4.91. The molecule has 174 valence electrons. The normalized spacial score (nSPS) is 26.6. The quantitative estimate of drug-likeness (QED) is 0.198. The molecule has 2 saturated heterocycles. The minimum atomic E-state index is -3.04. The van der Waals surface area contributed by atoms with Gasteiger partial charge in [-0.05, 0) is 44.4 Å². The lowest BCUT2D eigenvalue weighted by atomic mass is 9.78. The lowest BCUT2D eigenvalue weighted by Gasteiger charge is -2.27. The number of ether oxygens (including phenoxy) is 1. The fourth-order valence-corrected chi connectivity index (χ4v) is 6.77. The van der Waals surface area contributed by atoms with E-state index < -0.39 is 15.3 Å². The number of rotatable bonds is 13. The molecular weight excluding hydrogens is 402 g/mol. The topological polar surface area (TPSA) is 83.9 Å². The summed E-state index contributed by atoms with van der Waals surface area (Å²) in [5, 5.41) is 10.0. The molecule has 0 aromatic rings. The molecule has 30 heavy (non-hydrogen) atoms. The van der Waals surface area contributed by atoms with Gasteiger partial charge in [-0.3, -0.25) is 10.0 Å². The summed E-state index contributed by atoms with van der Waals surface area (Å²) in [4.78, 5) is 12.0. The second-order valence-corrected chi connectivity index (χ2v) is 12.0. The fraction of sp³-hybridized carbons (Fsp3) is 0.870. The van der Waals surface area contributed by atoms with Crippen LogP contribution in [-0.4, -0.2) is 55.4 Å². The molecular formula is C23H41NO5S. The number of fused-ring (bicyclic) bond motifs is 2. The highest BCUT2D eigenvalue weighted by atomic mass is 32.2. The van der Waals surface area contributed by atoms with E-state index in [0.717, 1.165) is 51.4 Å². The number of nitrogens with zero attached hydrogens (tertiary/aromatic N) is 1. The van der Waals surface area contributed by atoms with Gasteiger partial charge in [-0.15, -0.1) is 0 Å². The van der Waals surface area contributed by atoms with Gasteiger partial charge in [-0.1, -0.05) is 52.2 Å². The van der Waals surface area contributed by atoms with Crippen LogP contribution in [0.4, 0.5) is 0 Å². The zero-order valence-electron chi connectivity index (χ0n) is 19.2. The summed E-state index contributed by atoms with van der Waals surface area (Å²) in [6, 6.07) is 0. The van der Waals surface area contributed by atoms with Crippen molar-refractivity contribution in [3.8, 4) is 0 Å². The Balaban J connectivity index is 1.85. The maximum absolute atomic E-state index is 12.6. The minimum absolute atomic E-state index is 0.0930. The molecule has 0 aromatic heterocycles. The van der Waals surface area contributed by atoms with Gasteiger partial charge in [-0.2, -0.15) is 0 Å². The number of hydrogen-bond donors (Lipinski definition) is 1. The van der Waals surface area contributed by atoms with Crippen molar-refractivity contribution in [3.63, 3.8) is 0 Å². The van der Waals surface area contributed by atoms with Crippen LogP contribution in [0.15, 0.2) is 12.2 Å². The zero-order valence-corrected chi connectivity index (χ0v) is 20.0. The van der Waals surface area contributed by atoms with Crippen LogP contribution < -0.4 is 0 Å². The first-order valence-corrected chi connectivity index (χ1v) is 13.4. The third kappa shape index (κ3) is 7.06. The number of allylic oxidation sites excluding steroid dienone is 2. The Labute approximate surface area is 182 Å². The second-order valence-electron chi connectivity index (χ2n) is 9.75. The van der Waals surface area contributed by atoms with E-state index in [0.29, 0.717) is 17.2 Å². The van der Waals surface area contributed by atoms with Gasteiger partial charge in [0, 0.05) is 18.4 Å². The van der Waals surface area contributed by atoms with E-state index in [4.69, 9.17) is 4.74 Å². The Bertz CT molecular complexity index is 686. The van der Waals surface area contributed by atoms with Crippen molar-refractivity contribution in [2.75, 3.05) is 18.6 Å². The number of carbonyl (C=O) groups is 1. The van der Waals surface area contributed by atoms with Crippen molar-refractivity contribution in [1.82, 2.24) is 5.06 Å². The summed E-state index contributed by atoms with van der Waals surface area (Å²) in [5.41, 5.74) is -0.613. The van der Waals surface area contributed by atoms with Gasteiger partial charge in [0.05, 0.1) is 23.7 Å². The molecule has 6 nitrogen and oxygen atoms in total. The van der Waals surface area contributed by atoms with Crippen molar-refractivity contribution in [3.05, 3.63) is 12.2 Å². The third-order valence-electron chi connectivity index (χ3n) is 6.73. The molecule has 1 N–H and O–H groups in total. The van der Waals surface area contributed by atoms with E-state index in [-0.39, 0.29) is 35.7 Å². The van der Waals surface area contributed by atoms with E-state index in [1.807, 2.05) is 13.8 Å². The van der Waals surface area contributed by atoms with Crippen LogP contribution in [-0.2, 0) is 19.4 Å². The van der Waals surface area contributed by atoms with Gasteiger partial charge in [0.1, 0.15) is 0 Å². The molecule has 0 radical (unpaired) electrons. The van der Waals surface area contributed by atoms with Crippen LogP contribution in [0.5, 0.6) is 0 Å². The Morgan fingerprint density at radius 1 is 1.13 bits per heavy atom. The molecule has 0 aliphatic carbocycles. The van der Waals surface area contributed by atoms with Gasteiger partial charge in [-0.25, -0.2) is 13.5 Å². The van der Waals surface area contributed by atoms with Gasteiger partial charge < -0.3 is 4.74 Å². The molecule has 2 heterocycles. The minimum Gasteiger partial charge on any atom is -0.374 e. The highest BCUT2D eigenvalue weighted by Crippen LogP contribution is 2.45. The number of hydroxylamine groups is 2. The van der Waals surface area contributed by atoms with E-state index in [2.05, 4.69) is 19.1 Å². The average Bonchev–Trinajstić information content (AvgIpc) is 3.26. The highest BCUT2D eigenvalue weighted by Gasteiger charge is 2.49. The molecule has 0 unspecified atom stereocenters. The monoisotopic (exact) mass is 443 g/mol. The van der Waals surface area contributed by atoms with Gasteiger partial charge in [0.25, 0.3) is 5.91 Å². The van der Waals surface area contributed by atoms with Crippen molar-refractivity contribution in [1.29, 1.82) is 0 Å². The first-order chi connectivity index (χ1) is 14.1. The van der Waals surface area contributed by atoms with E-state index >= 15 is 0 Å². The van der Waals surface area contributed by atoms with Crippen molar-refractivity contribution in [2.24, 2.45) is 17.3 Å². The average molecular weight is 444 g/mol. The Morgan fingerprint density at radius 2 is 1.80 bits per heavy atom. The van der Waals surface area contributed by atoms with Gasteiger partial charge in [0.2, 0.25) is 0 Å². The maximum Gasteiger partial charge on any atom is 0.251 e. The predicted octanol–water partition coefficient (Wildman–Crippen LogP) is 4.38. The van der Waals surface area contributed by atoms with Crippen molar-refractivity contribution >= 4 is 15.7 Å². The van der Waals surface area contributed by atoms with Crippen molar-refractivity contribution < 1.29 is 23.2 Å². The lowest BCUT2D eigenvalue weighted by Crippen LogP contribution is -2.36. The number of carbonyl (C=O) groups excluding carboxylic acids is 1. The molecule has 4 atom stereocenters. The van der Waals surface area contributed by atoms with Crippen LogP contribution in [0.25, 0.3) is 0 Å².